The summed E-state index contributed by atoms with van der Waals surface area (Å²) in [6.45, 7) is 0. The molecule has 1 N–H and O–H groups in total. The fraction of sp³-hybridized carbons (Fsp3) is 0. The van der Waals surface area contributed by atoms with Crippen LogP contribution in [-0.4, -0.2) is 10.9 Å². The summed E-state index contributed by atoms with van der Waals surface area (Å²) in [6.07, 6.45) is 1.37. The second kappa shape index (κ2) is 6.22. The van der Waals surface area contributed by atoms with Gasteiger partial charge in [0.25, 0.3) is 5.91 Å². The lowest BCUT2D eigenvalue weighted by molar-refractivity contribution is 0.102. The van der Waals surface area contributed by atoms with Crippen molar-refractivity contribution >= 4 is 66.7 Å². The highest BCUT2D eigenvalue weighted by molar-refractivity contribution is 9.11. The molecule has 1 heterocycles. The van der Waals surface area contributed by atoms with Crippen LogP contribution in [0, 0.1) is 0 Å². The number of anilines is 1. The predicted octanol–water partition coefficient (Wildman–Crippen LogP) is 5.17. The van der Waals surface area contributed by atoms with Crippen molar-refractivity contribution in [2.75, 3.05) is 5.32 Å². The summed E-state index contributed by atoms with van der Waals surface area (Å²) in [5, 5.41) is 3.16. The van der Waals surface area contributed by atoms with Gasteiger partial charge in [0.2, 0.25) is 0 Å². The average molecular weight is 425 g/mol. The molecule has 19 heavy (non-hydrogen) atoms. The molecule has 1 aromatic carbocycles. The van der Waals surface area contributed by atoms with Crippen LogP contribution in [0.2, 0.25) is 10.2 Å². The number of benzene rings is 1. The molecule has 0 aliphatic carbocycles. The van der Waals surface area contributed by atoms with Gasteiger partial charge in [0.05, 0.1) is 16.3 Å². The van der Waals surface area contributed by atoms with Gasteiger partial charge in [-0.05, 0) is 40.2 Å². The lowest BCUT2D eigenvalue weighted by atomic mass is 10.2. The number of rotatable bonds is 2. The molecule has 0 aliphatic rings. The van der Waals surface area contributed by atoms with E-state index in [-0.39, 0.29) is 16.1 Å². The quantitative estimate of drug-likeness (QED) is 0.676. The van der Waals surface area contributed by atoms with E-state index in [0.29, 0.717) is 11.3 Å². The zero-order valence-electron chi connectivity index (χ0n) is 9.25. The van der Waals surface area contributed by atoms with Crippen molar-refractivity contribution in [2.45, 2.75) is 0 Å². The van der Waals surface area contributed by atoms with Crippen molar-refractivity contribution in [1.82, 2.24) is 4.98 Å². The molecule has 0 saturated heterocycles. The van der Waals surface area contributed by atoms with Gasteiger partial charge in [0.15, 0.2) is 0 Å². The van der Waals surface area contributed by atoms with E-state index in [1.54, 1.807) is 6.07 Å². The Morgan fingerprint density at radius 3 is 2.58 bits per heavy atom. The number of amides is 1. The Labute approximate surface area is 136 Å². The molecule has 0 fully saturated rings. The molecule has 98 valence electrons. The highest BCUT2D eigenvalue weighted by atomic mass is 79.9. The Hall–Kier alpha value is -0.620. The second-order valence-electron chi connectivity index (χ2n) is 3.57. The summed E-state index contributed by atoms with van der Waals surface area (Å²) in [7, 11) is 0. The van der Waals surface area contributed by atoms with Gasteiger partial charge in [-0.2, -0.15) is 0 Å². The highest BCUT2D eigenvalue weighted by Gasteiger charge is 2.11. The van der Waals surface area contributed by atoms with Crippen LogP contribution in [0.1, 0.15) is 10.4 Å². The molecule has 2 rings (SSSR count). The Morgan fingerprint density at radius 1 is 1.21 bits per heavy atom. The van der Waals surface area contributed by atoms with Crippen LogP contribution in [0.5, 0.6) is 0 Å². The van der Waals surface area contributed by atoms with Crippen molar-refractivity contribution in [3.8, 4) is 0 Å². The minimum atomic E-state index is -0.311. The summed E-state index contributed by atoms with van der Waals surface area (Å²) in [5.41, 5.74) is 0.989. The van der Waals surface area contributed by atoms with Crippen LogP contribution in [0.15, 0.2) is 39.4 Å². The lowest BCUT2D eigenvalue weighted by Crippen LogP contribution is -2.12. The molecule has 1 aromatic heterocycles. The molecule has 0 radical (unpaired) electrons. The normalized spacial score (nSPS) is 10.3. The van der Waals surface area contributed by atoms with Gasteiger partial charge in [-0.3, -0.25) is 4.79 Å². The minimum Gasteiger partial charge on any atom is -0.321 e. The topological polar surface area (TPSA) is 42.0 Å². The number of halogens is 4. The van der Waals surface area contributed by atoms with Gasteiger partial charge >= 0.3 is 0 Å². The van der Waals surface area contributed by atoms with Gasteiger partial charge in [0, 0.05) is 15.1 Å². The first-order valence-corrected chi connectivity index (χ1v) is 7.39. The number of hydrogen-bond acceptors (Lipinski definition) is 2. The summed E-state index contributed by atoms with van der Waals surface area (Å²) in [4.78, 5) is 15.9. The highest BCUT2D eigenvalue weighted by Crippen LogP contribution is 2.27. The van der Waals surface area contributed by atoms with Gasteiger partial charge in [0.1, 0.15) is 5.15 Å². The van der Waals surface area contributed by atoms with E-state index < -0.39 is 0 Å². The Morgan fingerprint density at radius 2 is 1.95 bits per heavy atom. The molecule has 0 atom stereocenters. The standard InChI is InChI=1S/C12H6Br2Cl2N2O/c13-7-1-2-10(8(14)4-7)18-12(19)6-3-9(15)11(16)17-5-6/h1-5H,(H,18,19). The maximum absolute atomic E-state index is 12.0. The van der Waals surface area contributed by atoms with Gasteiger partial charge in [-0.1, -0.05) is 39.1 Å². The van der Waals surface area contributed by atoms with Crippen molar-refractivity contribution < 1.29 is 4.79 Å². The Balaban J connectivity index is 2.23. The number of hydrogen-bond donors (Lipinski definition) is 1. The number of carbonyl (C=O) groups is 1. The van der Waals surface area contributed by atoms with Crippen molar-refractivity contribution in [1.29, 1.82) is 0 Å². The summed E-state index contributed by atoms with van der Waals surface area (Å²) < 4.78 is 1.68. The first-order chi connectivity index (χ1) is 8.97. The van der Waals surface area contributed by atoms with E-state index in [2.05, 4.69) is 42.2 Å². The fourth-order valence-corrected chi connectivity index (χ4v) is 2.75. The number of nitrogens with zero attached hydrogens (tertiary/aromatic N) is 1. The zero-order chi connectivity index (χ0) is 14.0. The average Bonchev–Trinajstić information content (AvgIpc) is 2.36. The van der Waals surface area contributed by atoms with Gasteiger partial charge < -0.3 is 5.32 Å². The number of aromatic nitrogens is 1. The molecule has 0 saturated carbocycles. The number of carbonyl (C=O) groups excluding carboxylic acids is 1. The van der Waals surface area contributed by atoms with E-state index in [9.17, 15) is 4.79 Å². The van der Waals surface area contributed by atoms with E-state index in [4.69, 9.17) is 23.2 Å². The first kappa shape index (κ1) is 14.8. The SMILES string of the molecule is O=C(Nc1ccc(Br)cc1Br)c1cnc(Cl)c(Cl)c1. The van der Waals surface area contributed by atoms with E-state index in [0.717, 1.165) is 8.95 Å². The van der Waals surface area contributed by atoms with Crippen LogP contribution >= 0.6 is 55.1 Å². The molecular formula is C12H6Br2Cl2N2O. The van der Waals surface area contributed by atoms with Gasteiger partial charge in [-0.15, -0.1) is 0 Å². The third-order valence-corrected chi connectivity index (χ3v) is 4.07. The predicted molar refractivity (Wildman–Crippen MR) is 84.1 cm³/mol. The second-order valence-corrected chi connectivity index (χ2v) is 6.11. The molecule has 2 aromatic rings. The summed E-state index contributed by atoms with van der Waals surface area (Å²) in [6, 6.07) is 6.91. The molecule has 3 nitrogen and oxygen atoms in total. The van der Waals surface area contributed by atoms with Crippen LogP contribution in [0.4, 0.5) is 5.69 Å². The molecule has 7 heteroatoms. The molecular weight excluding hydrogens is 419 g/mol. The van der Waals surface area contributed by atoms with E-state index in [1.807, 2.05) is 12.1 Å². The Bertz CT molecular complexity index is 650. The molecule has 0 bridgehead atoms. The van der Waals surface area contributed by atoms with Crippen molar-refractivity contribution in [3.63, 3.8) is 0 Å². The summed E-state index contributed by atoms with van der Waals surface area (Å²) in [5.74, 6) is -0.311. The largest absolute Gasteiger partial charge is 0.321 e. The van der Waals surface area contributed by atoms with E-state index >= 15 is 0 Å². The van der Waals surface area contributed by atoms with Crippen molar-refractivity contribution in [3.05, 3.63) is 55.1 Å². The number of pyridine rings is 1. The first-order valence-electron chi connectivity index (χ1n) is 5.05. The third kappa shape index (κ3) is 3.69. The minimum absolute atomic E-state index is 0.169. The monoisotopic (exact) mass is 422 g/mol. The fourth-order valence-electron chi connectivity index (χ4n) is 1.33. The van der Waals surface area contributed by atoms with Crippen LogP contribution in [0.25, 0.3) is 0 Å². The third-order valence-electron chi connectivity index (χ3n) is 2.24. The van der Waals surface area contributed by atoms with Crippen LogP contribution in [-0.2, 0) is 0 Å². The van der Waals surface area contributed by atoms with Crippen molar-refractivity contribution in [2.24, 2.45) is 0 Å². The molecule has 0 aliphatic heterocycles. The summed E-state index contributed by atoms with van der Waals surface area (Å²) >= 11 is 18.2. The smallest absolute Gasteiger partial charge is 0.257 e. The maximum Gasteiger partial charge on any atom is 0.257 e. The molecule has 0 spiro atoms. The number of nitrogens with one attached hydrogen (secondary N) is 1. The van der Waals surface area contributed by atoms with Crippen LogP contribution in [0.3, 0.4) is 0 Å². The molecule has 1 amide bonds. The van der Waals surface area contributed by atoms with Gasteiger partial charge in [-0.25, -0.2) is 4.98 Å². The maximum atomic E-state index is 12.0. The van der Waals surface area contributed by atoms with Crippen LogP contribution < -0.4 is 5.32 Å². The zero-order valence-corrected chi connectivity index (χ0v) is 13.9. The molecule has 0 unspecified atom stereocenters. The van der Waals surface area contributed by atoms with E-state index in [1.165, 1.54) is 12.3 Å². The lowest BCUT2D eigenvalue weighted by Gasteiger charge is -2.08. The Kier molecular flexibility index (Phi) is 4.84.